The highest BCUT2D eigenvalue weighted by atomic mass is 31.1. The van der Waals surface area contributed by atoms with Crippen molar-refractivity contribution >= 4 is 14.6 Å². The Bertz CT molecular complexity index is 142. The second-order valence-electron chi connectivity index (χ2n) is 2.88. The molecule has 0 aromatic carbocycles. The molecule has 0 bridgehead atoms. The number of aliphatic carboxylic acids is 1. The Balaban J connectivity index is 0. The third-order valence-corrected chi connectivity index (χ3v) is 1.84. The minimum absolute atomic E-state index is 0.292. The number of hydrogen-bond donors (Lipinski definition) is 2. The molecular weight excluding hydrogens is 201 g/mol. The number of rotatable bonds is 7. The molecular formula is C9H21NO3P+. The Morgan fingerprint density at radius 2 is 1.93 bits per heavy atom. The Morgan fingerprint density at radius 3 is 2.21 bits per heavy atom. The smallest absolute Gasteiger partial charge is 0.418 e. The van der Waals surface area contributed by atoms with E-state index >= 15 is 0 Å². The number of hydrogen-bond acceptors (Lipinski definition) is 2. The fourth-order valence-corrected chi connectivity index (χ4v) is 1.01. The molecule has 0 radical (unpaired) electrons. The number of carboxylic acids is 1. The predicted molar refractivity (Wildman–Crippen MR) is 59.1 cm³/mol. The van der Waals surface area contributed by atoms with Crippen LogP contribution in [0, 0.1) is 0 Å². The zero-order chi connectivity index (χ0) is 11.2. The van der Waals surface area contributed by atoms with E-state index in [0.717, 1.165) is 19.4 Å². The summed E-state index contributed by atoms with van der Waals surface area (Å²) in [6.07, 6.45) is 4.63. The molecule has 84 valence electrons. The number of carboxylic acid groups (broad SMARTS) is 1. The van der Waals surface area contributed by atoms with Gasteiger partial charge in [-0.1, -0.05) is 31.3 Å². The Morgan fingerprint density at radius 1 is 1.29 bits per heavy atom. The molecule has 0 aromatic heterocycles. The highest BCUT2D eigenvalue weighted by molar-refractivity contribution is 7.21. The quantitative estimate of drug-likeness (QED) is 0.513. The lowest BCUT2D eigenvalue weighted by molar-refractivity contribution is -0.137. The molecule has 0 fully saturated rings. The van der Waals surface area contributed by atoms with E-state index in [1.165, 1.54) is 12.8 Å². The van der Waals surface area contributed by atoms with E-state index in [9.17, 15) is 9.36 Å². The second-order valence-corrected chi connectivity index (χ2v) is 3.44. The standard InChI is InChI=1S/C5H12NOP.C4H8O2/c1-2-3-4-5-6-8-7;1-2-3-4(5)6/h2-5H2,1H3,(H,6,7);2-3H2,1H3,(H,5,6)/p+1. The highest BCUT2D eigenvalue weighted by Gasteiger charge is 1.87. The zero-order valence-electron chi connectivity index (χ0n) is 9.01. The molecule has 0 aromatic rings. The number of nitrogens with one attached hydrogen (secondary N) is 1. The van der Waals surface area contributed by atoms with Gasteiger partial charge >= 0.3 is 14.6 Å². The molecule has 5 heteroatoms. The first-order valence-corrected chi connectivity index (χ1v) is 5.91. The van der Waals surface area contributed by atoms with E-state index < -0.39 is 5.97 Å². The van der Waals surface area contributed by atoms with Crippen LogP contribution < -0.4 is 5.09 Å². The molecule has 0 aliphatic heterocycles. The van der Waals surface area contributed by atoms with Gasteiger partial charge in [0.15, 0.2) is 0 Å². The van der Waals surface area contributed by atoms with Crippen molar-refractivity contribution in [2.75, 3.05) is 6.54 Å². The molecule has 1 atom stereocenters. The lowest BCUT2D eigenvalue weighted by Crippen LogP contribution is -1.99. The summed E-state index contributed by atoms with van der Waals surface area (Å²) in [6, 6.07) is 0. The van der Waals surface area contributed by atoms with Gasteiger partial charge in [0.2, 0.25) is 0 Å². The zero-order valence-corrected chi connectivity index (χ0v) is 10.0. The van der Waals surface area contributed by atoms with Crippen molar-refractivity contribution in [2.24, 2.45) is 0 Å². The molecule has 0 spiro atoms. The van der Waals surface area contributed by atoms with Crippen LogP contribution in [0.25, 0.3) is 0 Å². The largest absolute Gasteiger partial charge is 0.481 e. The second kappa shape index (κ2) is 15.0. The lowest BCUT2D eigenvalue weighted by atomic mass is 10.3. The fourth-order valence-electron chi connectivity index (χ4n) is 0.728. The minimum atomic E-state index is -0.711. The van der Waals surface area contributed by atoms with Gasteiger partial charge in [-0.05, 0) is 12.8 Å². The predicted octanol–water partition coefficient (Wildman–Crippen LogP) is 2.58. The summed E-state index contributed by atoms with van der Waals surface area (Å²) in [5, 5.41) is 10.7. The number of carbonyl (C=O) groups is 1. The average molecular weight is 222 g/mol. The summed E-state index contributed by atoms with van der Waals surface area (Å²) in [6.45, 7) is 4.89. The van der Waals surface area contributed by atoms with Gasteiger partial charge in [-0.2, -0.15) is 0 Å². The van der Waals surface area contributed by atoms with Crippen molar-refractivity contribution < 1.29 is 14.5 Å². The lowest BCUT2D eigenvalue weighted by Gasteiger charge is -1.88. The van der Waals surface area contributed by atoms with Crippen LogP contribution in [0.5, 0.6) is 0 Å². The monoisotopic (exact) mass is 222 g/mol. The molecule has 2 N–H and O–H groups in total. The van der Waals surface area contributed by atoms with Crippen molar-refractivity contribution in [3.8, 4) is 0 Å². The summed E-state index contributed by atoms with van der Waals surface area (Å²) in [7, 11) is -0.331. The summed E-state index contributed by atoms with van der Waals surface area (Å²) in [5.74, 6) is -0.711. The van der Waals surface area contributed by atoms with Gasteiger partial charge in [0, 0.05) is 13.0 Å². The van der Waals surface area contributed by atoms with Crippen LogP contribution in [-0.4, -0.2) is 17.6 Å². The maximum absolute atomic E-state index is 9.81. The van der Waals surface area contributed by atoms with Crippen LogP contribution in [0.3, 0.4) is 0 Å². The SMILES string of the molecule is CCCC(=O)O.CCCCCN[PH+]=O. The normalized spacial score (nSPS) is 9.29. The van der Waals surface area contributed by atoms with Crippen molar-refractivity contribution in [3.63, 3.8) is 0 Å². The van der Waals surface area contributed by atoms with E-state index in [2.05, 4.69) is 12.0 Å². The molecule has 0 heterocycles. The first-order chi connectivity index (χ1) is 6.68. The highest BCUT2D eigenvalue weighted by Crippen LogP contribution is 1.92. The van der Waals surface area contributed by atoms with Gasteiger partial charge < -0.3 is 5.11 Å². The Labute approximate surface area is 87.3 Å². The van der Waals surface area contributed by atoms with Crippen molar-refractivity contribution in [2.45, 2.75) is 46.0 Å². The topological polar surface area (TPSA) is 66.4 Å². The summed E-state index contributed by atoms with van der Waals surface area (Å²) in [5.41, 5.74) is 0. The average Bonchev–Trinajstić information content (AvgIpc) is 2.13. The number of unbranched alkanes of at least 4 members (excludes halogenated alkanes) is 2. The van der Waals surface area contributed by atoms with Gasteiger partial charge in [-0.3, -0.25) is 4.79 Å². The van der Waals surface area contributed by atoms with Gasteiger partial charge in [-0.25, -0.2) is 0 Å². The van der Waals surface area contributed by atoms with Crippen LogP contribution in [0.4, 0.5) is 0 Å². The van der Waals surface area contributed by atoms with Crippen LogP contribution in [-0.2, 0) is 9.36 Å². The van der Waals surface area contributed by atoms with Crippen molar-refractivity contribution in [1.82, 2.24) is 5.09 Å². The molecule has 0 amide bonds. The fraction of sp³-hybridized carbons (Fsp3) is 0.889. The molecule has 0 rings (SSSR count). The molecule has 4 nitrogen and oxygen atoms in total. The molecule has 0 aliphatic carbocycles. The van der Waals surface area contributed by atoms with E-state index in [0.29, 0.717) is 6.42 Å². The maximum atomic E-state index is 9.81. The minimum Gasteiger partial charge on any atom is -0.481 e. The molecule has 1 unspecified atom stereocenters. The summed E-state index contributed by atoms with van der Waals surface area (Å²) >= 11 is 0. The van der Waals surface area contributed by atoms with Crippen molar-refractivity contribution in [3.05, 3.63) is 0 Å². The third kappa shape index (κ3) is 22.5. The van der Waals surface area contributed by atoms with E-state index in [1.807, 2.05) is 6.92 Å². The molecule has 0 saturated carbocycles. The third-order valence-electron chi connectivity index (χ3n) is 1.44. The maximum Gasteiger partial charge on any atom is 0.418 e. The Kier molecular flexibility index (Phi) is 17.1. The Hall–Kier alpha value is -0.470. The van der Waals surface area contributed by atoms with E-state index in [1.54, 1.807) is 0 Å². The summed E-state index contributed by atoms with van der Waals surface area (Å²) < 4.78 is 9.81. The first kappa shape index (κ1) is 16.0. The summed E-state index contributed by atoms with van der Waals surface area (Å²) in [4.78, 5) is 9.60. The van der Waals surface area contributed by atoms with Crippen LogP contribution in [0.1, 0.15) is 46.0 Å². The molecule has 0 aliphatic rings. The van der Waals surface area contributed by atoms with Gasteiger partial charge in [-0.15, -0.1) is 5.09 Å². The molecule has 0 saturated heterocycles. The van der Waals surface area contributed by atoms with Crippen molar-refractivity contribution in [1.29, 1.82) is 0 Å². The first-order valence-electron chi connectivity index (χ1n) is 5.00. The molecule has 14 heavy (non-hydrogen) atoms. The van der Waals surface area contributed by atoms with E-state index in [4.69, 9.17) is 5.11 Å². The van der Waals surface area contributed by atoms with Crippen LogP contribution >= 0.6 is 8.61 Å². The van der Waals surface area contributed by atoms with Crippen LogP contribution in [0.2, 0.25) is 0 Å². The van der Waals surface area contributed by atoms with Crippen LogP contribution in [0.15, 0.2) is 0 Å². The van der Waals surface area contributed by atoms with Gasteiger partial charge in [0.05, 0.1) is 0 Å². The van der Waals surface area contributed by atoms with Gasteiger partial charge in [0.25, 0.3) is 0 Å². The van der Waals surface area contributed by atoms with E-state index in [-0.39, 0.29) is 8.61 Å². The van der Waals surface area contributed by atoms with Gasteiger partial charge in [0.1, 0.15) is 0 Å².